The van der Waals surface area contributed by atoms with Crippen LogP contribution < -0.4 is 0 Å². The highest BCUT2D eigenvalue weighted by Crippen LogP contribution is 2.21. The highest BCUT2D eigenvalue weighted by Gasteiger charge is 2.06. The van der Waals surface area contributed by atoms with Crippen molar-refractivity contribution in [1.29, 1.82) is 5.41 Å². The van der Waals surface area contributed by atoms with Crippen LogP contribution in [0.15, 0.2) is 59.7 Å². The van der Waals surface area contributed by atoms with Crippen LogP contribution in [0.1, 0.15) is 39.7 Å². The van der Waals surface area contributed by atoms with Crippen molar-refractivity contribution >= 4 is 22.9 Å². The summed E-state index contributed by atoms with van der Waals surface area (Å²) in [6.07, 6.45) is 4.79. The zero-order chi connectivity index (χ0) is 15.5. The van der Waals surface area contributed by atoms with Gasteiger partial charge in [0.2, 0.25) is 0 Å². The number of benzene rings is 1. The zero-order valence-corrected chi connectivity index (χ0v) is 13.6. The van der Waals surface area contributed by atoms with Crippen molar-refractivity contribution in [1.82, 2.24) is 0 Å². The molecule has 0 atom stereocenters. The summed E-state index contributed by atoms with van der Waals surface area (Å²) in [5.41, 5.74) is 3.44. The van der Waals surface area contributed by atoms with Crippen LogP contribution in [-0.2, 0) is 0 Å². The van der Waals surface area contributed by atoms with Gasteiger partial charge in [-0.1, -0.05) is 75.4 Å². The Kier molecular flexibility index (Phi) is 9.40. The fraction of sp³-hybridized carbons (Fsp3) is 0.278. The predicted molar refractivity (Wildman–Crippen MR) is 92.5 cm³/mol. The van der Waals surface area contributed by atoms with E-state index < -0.39 is 0 Å². The van der Waals surface area contributed by atoms with Crippen molar-refractivity contribution in [3.8, 4) is 0 Å². The first-order chi connectivity index (χ1) is 9.60. The fourth-order valence-corrected chi connectivity index (χ4v) is 1.80. The standard InChI is InChI=1S/C16H18ClN.C2H6/c1-4-13(15-9-7-6-8-10-15)11-14(5-2)16(18)12(3)17;1-2/h5-11,18H,3-4H2,1-2H3;1-2H3/b13-11+,14-5+,18-16?;. The molecule has 0 heterocycles. The first-order valence-electron chi connectivity index (χ1n) is 6.96. The number of rotatable bonds is 5. The van der Waals surface area contributed by atoms with E-state index in [9.17, 15) is 0 Å². The van der Waals surface area contributed by atoms with Gasteiger partial charge in [-0.2, -0.15) is 0 Å². The zero-order valence-electron chi connectivity index (χ0n) is 12.8. The first-order valence-corrected chi connectivity index (χ1v) is 7.34. The van der Waals surface area contributed by atoms with Crippen LogP contribution in [0.3, 0.4) is 0 Å². The molecule has 2 heteroatoms. The van der Waals surface area contributed by atoms with Crippen LogP contribution in [0.5, 0.6) is 0 Å². The molecule has 1 nitrogen and oxygen atoms in total. The number of halogens is 1. The van der Waals surface area contributed by atoms with E-state index in [4.69, 9.17) is 17.0 Å². The van der Waals surface area contributed by atoms with Crippen molar-refractivity contribution in [3.63, 3.8) is 0 Å². The summed E-state index contributed by atoms with van der Waals surface area (Å²) < 4.78 is 0. The Morgan fingerprint density at radius 3 is 2.20 bits per heavy atom. The fourth-order valence-electron chi connectivity index (χ4n) is 1.69. The largest absolute Gasteiger partial charge is 0.299 e. The Hall–Kier alpha value is -1.60. The van der Waals surface area contributed by atoms with Gasteiger partial charge in [0.25, 0.3) is 0 Å². The molecule has 20 heavy (non-hydrogen) atoms. The molecule has 0 aliphatic rings. The van der Waals surface area contributed by atoms with Gasteiger partial charge >= 0.3 is 0 Å². The minimum absolute atomic E-state index is 0.267. The van der Waals surface area contributed by atoms with Gasteiger partial charge in [-0.05, 0) is 36.1 Å². The van der Waals surface area contributed by atoms with E-state index in [0.29, 0.717) is 0 Å². The highest BCUT2D eigenvalue weighted by molar-refractivity contribution is 6.45. The Balaban J connectivity index is 0.00000172. The second-order valence-corrected chi connectivity index (χ2v) is 4.37. The van der Waals surface area contributed by atoms with E-state index in [2.05, 4.69) is 25.6 Å². The van der Waals surface area contributed by atoms with Gasteiger partial charge in [0.1, 0.15) is 0 Å². The predicted octanol–water partition coefficient (Wildman–Crippen LogP) is 6.22. The Morgan fingerprint density at radius 2 is 1.80 bits per heavy atom. The molecule has 1 aromatic carbocycles. The molecular formula is C18H24ClN. The number of hydrogen-bond acceptors (Lipinski definition) is 1. The molecular weight excluding hydrogens is 266 g/mol. The number of nitrogens with one attached hydrogen (secondary N) is 1. The van der Waals surface area contributed by atoms with Crippen molar-refractivity contribution < 1.29 is 0 Å². The normalized spacial score (nSPS) is 11.4. The third-order valence-electron chi connectivity index (χ3n) is 2.73. The van der Waals surface area contributed by atoms with E-state index in [1.807, 2.05) is 51.1 Å². The third-order valence-corrected chi connectivity index (χ3v) is 2.92. The SMILES string of the molecule is C=C(Cl)C(=N)C(=C/C)/C=C(\CC)c1ccccc1.CC. The lowest BCUT2D eigenvalue weighted by atomic mass is 9.99. The molecule has 1 rings (SSSR count). The lowest BCUT2D eigenvalue weighted by molar-refractivity contribution is 1.24. The van der Waals surface area contributed by atoms with E-state index in [-0.39, 0.29) is 10.7 Å². The Morgan fingerprint density at radius 1 is 1.25 bits per heavy atom. The monoisotopic (exact) mass is 289 g/mol. The second kappa shape index (κ2) is 10.2. The van der Waals surface area contributed by atoms with E-state index in [1.165, 1.54) is 11.1 Å². The smallest absolute Gasteiger partial charge is 0.0789 e. The van der Waals surface area contributed by atoms with Crippen LogP contribution in [-0.4, -0.2) is 5.71 Å². The van der Waals surface area contributed by atoms with E-state index in [0.717, 1.165) is 12.0 Å². The minimum atomic E-state index is 0.267. The molecule has 0 spiro atoms. The molecule has 0 saturated heterocycles. The molecule has 108 valence electrons. The highest BCUT2D eigenvalue weighted by atomic mass is 35.5. The van der Waals surface area contributed by atoms with Crippen LogP contribution in [0, 0.1) is 5.41 Å². The quantitative estimate of drug-likeness (QED) is 0.491. The molecule has 0 saturated carbocycles. The molecule has 1 N–H and O–H groups in total. The van der Waals surface area contributed by atoms with Crippen LogP contribution in [0.25, 0.3) is 5.57 Å². The summed E-state index contributed by atoms with van der Waals surface area (Å²) >= 11 is 5.79. The van der Waals surface area contributed by atoms with Gasteiger partial charge in [-0.15, -0.1) is 0 Å². The summed E-state index contributed by atoms with van der Waals surface area (Å²) in [6, 6.07) is 10.2. The summed E-state index contributed by atoms with van der Waals surface area (Å²) in [5, 5.41) is 8.15. The minimum Gasteiger partial charge on any atom is -0.299 e. The van der Waals surface area contributed by atoms with Crippen molar-refractivity contribution in [2.24, 2.45) is 0 Å². The van der Waals surface area contributed by atoms with Gasteiger partial charge < -0.3 is 0 Å². The molecule has 0 aliphatic heterocycles. The molecule has 0 aromatic heterocycles. The van der Waals surface area contributed by atoms with Crippen LogP contribution >= 0.6 is 11.6 Å². The van der Waals surface area contributed by atoms with Crippen molar-refractivity contribution in [2.75, 3.05) is 0 Å². The lowest BCUT2D eigenvalue weighted by Gasteiger charge is -2.08. The van der Waals surface area contributed by atoms with Crippen LogP contribution in [0.4, 0.5) is 0 Å². The van der Waals surface area contributed by atoms with Gasteiger partial charge in [-0.3, -0.25) is 5.41 Å². The average molecular weight is 290 g/mol. The van der Waals surface area contributed by atoms with Crippen molar-refractivity contribution in [2.45, 2.75) is 34.1 Å². The molecule has 0 bridgehead atoms. The lowest BCUT2D eigenvalue weighted by Crippen LogP contribution is -1.99. The van der Waals surface area contributed by atoms with E-state index in [1.54, 1.807) is 0 Å². The summed E-state index contributed by atoms with van der Waals surface area (Å²) in [5.74, 6) is 0. The number of hydrogen-bond donors (Lipinski definition) is 1. The van der Waals surface area contributed by atoms with Gasteiger partial charge in [0.15, 0.2) is 0 Å². The maximum absolute atomic E-state index is 7.89. The third kappa shape index (κ3) is 5.58. The van der Waals surface area contributed by atoms with E-state index >= 15 is 0 Å². The second-order valence-electron chi connectivity index (χ2n) is 3.91. The molecule has 0 unspecified atom stereocenters. The molecule has 0 fully saturated rings. The maximum Gasteiger partial charge on any atom is 0.0789 e. The summed E-state index contributed by atoms with van der Waals surface area (Å²) in [4.78, 5) is 0. The van der Waals surface area contributed by atoms with Crippen LogP contribution in [0.2, 0.25) is 0 Å². The topological polar surface area (TPSA) is 23.9 Å². The van der Waals surface area contributed by atoms with Gasteiger partial charge in [0.05, 0.1) is 10.7 Å². The van der Waals surface area contributed by atoms with Gasteiger partial charge in [-0.25, -0.2) is 0 Å². The molecule has 0 amide bonds. The van der Waals surface area contributed by atoms with Gasteiger partial charge in [0, 0.05) is 0 Å². The average Bonchev–Trinajstić information content (AvgIpc) is 2.50. The molecule has 0 aliphatic carbocycles. The first kappa shape index (κ1) is 18.4. The maximum atomic E-state index is 7.89. The summed E-state index contributed by atoms with van der Waals surface area (Å²) in [7, 11) is 0. The molecule has 1 aromatic rings. The Bertz CT molecular complexity index is 495. The Labute approximate surface area is 128 Å². The van der Waals surface area contributed by atoms with Crippen molar-refractivity contribution in [3.05, 3.63) is 65.2 Å². The summed E-state index contributed by atoms with van der Waals surface area (Å²) in [6.45, 7) is 11.6. The molecule has 0 radical (unpaired) electrons. The number of allylic oxidation sites excluding steroid dienone is 5.